The molecule has 1 aliphatic rings. The molecular formula is C17H23NO5. The first kappa shape index (κ1) is 17.4. The van der Waals surface area contributed by atoms with Crippen molar-refractivity contribution in [2.24, 2.45) is 5.41 Å². The van der Waals surface area contributed by atoms with Crippen LogP contribution in [0.3, 0.4) is 0 Å². The number of amides is 1. The number of carbonyl (C=O) groups excluding carboxylic acids is 1. The molecule has 6 heteroatoms. The highest BCUT2D eigenvalue weighted by Crippen LogP contribution is 2.31. The Bertz CT molecular complexity index is 574. The van der Waals surface area contributed by atoms with Crippen molar-refractivity contribution in [3.63, 3.8) is 0 Å². The summed E-state index contributed by atoms with van der Waals surface area (Å²) in [6.45, 7) is 1.27. The molecule has 126 valence electrons. The molecule has 2 rings (SSSR count). The lowest BCUT2D eigenvalue weighted by Crippen LogP contribution is -2.40. The van der Waals surface area contributed by atoms with Crippen molar-refractivity contribution >= 4 is 11.9 Å². The molecule has 0 aromatic heterocycles. The molecule has 0 radical (unpaired) electrons. The van der Waals surface area contributed by atoms with Crippen molar-refractivity contribution in [3.05, 3.63) is 35.4 Å². The average Bonchev–Trinajstić information content (AvgIpc) is 2.94. The minimum atomic E-state index is -0.984. The number of carbonyl (C=O) groups is 2. The summed E-state index contributed by atoms with van der Waals surface area (Å²) in [7, 11) is 3.11. The first-order chi connectivity index (χ1) is 11.0. The van der Waals surface area contributed by atoms with Gasteiger partial charge in [0.1, 0.15) is 5.41 Å². The predicted molar refractivity (Wildman–Crippen MR) is 84.0 cm³/mol. The maximum absolute atomic E-state index is 12.5. The van der Waals surface area contributed by atoms with Crippen LogP contribution in [-0.4, -0.2) is 55.8 Å². The Morgan fingerprint density at radius 2 is 2.00 bits per heavy atom. The summed E-state index contributed by atoms with van der Waals surface area (Å²) in [6, 6.07) is 7.68. The number of carboxylic acid groups (broad SMARTS) is 1. The zero-order valence-electron chi connectivity index (χ0n) is 13.6. The second-order valence-electron chi connectivity index (χ2n) is 6.01. The molecular weight excluding hydrogens is 298 g/mol. The summed E-state index contributed by atoms with van der Waals surface area (Å²) in [5.41, 5.74) is 0.935. The smallest absolute Gasteiger partial charge is 0.313 e. The van der Waals surface area contributed by atoms with Crippen molar-refractivity contribution in [1.29, 1.82) is 0 Å². The molecule has 1 unspecified atom stereocenters. The van der Waals surface area contributed by atoms with Gasteiger partial charge in [-0.1, -0.05) is 24.3 Å². The summed E-state index contributed by atoms with van der Waals surface area (Å²) in [5.74, 6) is -0.962. The van der Waals surface area contributed by atoms with E-state index in [-0.39, 0.29) is 25.5 Å². The van der Waals surface area contributed by atoms with E-state index in [0.29, 0.717) is 19.6 Å². The number of nitrogens with zero attached hydrogens (tertiary/aromatic N) is 1. The minimum Gasteiger partial charge on any atom is -0.481 e. The molecule has 0 spiro atoms. The standard InChI is InChI=1S/C17H23NO5/c1-22-10-14-5-3-4-13(8-14)9-15(19)18-7-6-17(11-18,12-23-2)16(20)21/h3-5,8H,6-7,9-12H2,1-2H3,(H,20,21). The van der Waals surface area contributed by atoms with E-state index >= 15 is 0 Å². The van der Waals surface area contributed by atoms with E-state index in [9.17, 15) is 14.7 Å². The molecule has 1 aliphatic heterocycles. The summed E-state index contributed by atoms with van der Waals surface area (Å²) < 4.78 is 10.1. The lowest BCUT2D eigenvalue weighted by molar-refractivity contribution is -0.151. The predicted octanol–water partition coefficient (Wildman–Crippen LogP) is 1.33. The van der Waals surface area contributed by atoms with Crippen LogP contribution in [0.1, 0.15) is 17.5 Å². The Balaban J connectivity index is 2.02. The van der Waals surface area contributed by atoms with Gasteiger partial charge in [-0.3, -0.25) is 9.59 Å². The van der Waals surface area contributed by atoms with Gasteiger partial charge in [0.25, 0.3) is 0 Å². The second-order valence-corrected chi connectivity index (χ2v) is 6.01. The highest BCUT2D eigenvalue weighted by molar-refractivity contribution is 5.82. The molecule has 1 amide bonds. The first-order valence-corrected chi connectivity index (χ1v) is 7.57. The maximum atomic E-state index is 12.5. The Morgan fingerprint density at radius 3 is 2.65 bits per heavy atom. The van der Waals surface area contributed by atoms with Gasteiger partial charge >= 0.3 is 5.97 Å². The molecule has 0 aliphatic carbocycles. The fourth-order valence-electron chi connectivity index (χ4n) is 3.00. The lowest BCUT2D eigenvalue weighted by atomic mass is 9.88. The largest absolute Gasteiger partial charge is 0.481 e. The number of rotatable bonds is 7. The van der Waals surface area contributed by atoms with E-state index in [4.69, 9.17) is 9.47 Å². The lowest BCUT2D eigenvalue weighted by Gasteiger charge is -2.23. The quantitative estimate of drug-likeness (QED) is 0.820. The second kappa shape index (κ2) is 7.57. The maximum Gasteiger partial charge on any atom is 0.313 e. The molecule has 1 fully saturated rings. The van der Waals surface area contributed by atoms with Crippen LogP contribution < -0.4 is 0 Å². The number of carboxylic acids is 1. The van der Waals surface area contributed by atoms with Crippen molar-refractivity contribution in [2.75, 3.05) is 33.9 Å². The highest BCUT2D eigenvalue weighted by atomic mass is 16.5. The number of likely N-dealkylation sites (tertiary alicyclic amines) is 1. The molecule has 23 heavy (non-hydrogen) atoms. The Kier molecular flexibility index (Phi) is 5.74. The van der Waals surface area contributed by atoms with E-state index in [0.717, 1.165) is 11.1 Å². The minimum absolute atomic E-state index is 0.0567. The van der Waals surface area contributed by atoms with Crippen LogP contribution in [0.4, 0.5) is 0 Å². The summed E-state index contributed by atoms with van der Waals surface area (Å²) in [4.78, 5) is 25.6. The topological polar surface area (TPSA) is 76.1 Å². The van der Waals surface area contributed by atoms with Gasteiger partial charge in [0.15, 0.2) is 0 Å². The molecule has 0 bridgehead atoms. The Hall–Kier alpha value is -1.92. The number of aliphatic carboxylic acids is 1. The fourth-order valence-corrected chi connectivity index (χ4v) is 3.00. The van der Waals surface area contributed by atoms with Gasteiger partial charge in [0.2, 0.25) is 5.91 Å². The summed E-state index contributed by atoms with van der Waals surface area (Å²) in [6.07, 6.45) is 0.686. The van der Waals surface area contributed by atoms with E-state index in [1.165, 1.54) is 7.11 Å². The molecule has 6 nitrogen and oxygen atoms in total. The number of hydrogen-bond acceptors (Lipinski definition) is 4. The zero-order chi connectivity index (χ0) is 16.9. The SMILES string of the molecule is COCc1cccc(CC(=O)N2CCC(COC)(C(=O)O)C2)c1. The third-order valence-electron chi connectivity index (χ3n) is 4.24. The molecule has 1 heterocycles. The summed E-state index contributed by atoms with van der Waals surface area (Å²) >= 11 is 0. The van der Waals surface area contributed by atoms with Gasteiger partial charge < -0.3 is 19.5 Å². The van der Waals surface area contributed by atoms with Gasteiger partial charge in [0.05, 0.1) is 19.6 Å². The number of methoxy groups -OCH3 is 2. The monoisotopic (exact) mass is 321 g/mol. The van der Waals surface area contributed by atoms with E-state index < -0.39 is 11.4 Å². The molecule has 1 atom stereocenters. The molecule has 1 aromatic rings. The average molecular weight is 321 g/mol. The van der Waals surface area contributed by atoms with Crippen LogP contribution in [0.25, 0.3) is 0 Å². The van der Waals surface area contributed by atoms with Crippen LogP contribution in [0.5, 0.6) is 0 Å². The van der Waals surface area contributed by atoms with E-state index in [1.807, 2.05) is 24.3 Å². The normalized spacial score (nSPS) is 20.7. The van der Waals surface area contributed by atoms with Crippen LogP contribution in [0.2, 0.25) is 0 Å². The molecule has 1 aromatic carbocycles. The molecule has 1 N–H and O–H groups in total. The third kappa shape index (κ3) is 4.09. The van der Waals surface area contributed by atoms with Crippen LogP contribution in [0.15, 0.2) is 24.3 Å². The van der Waals surface area contributed by atoms with E-state index in [1.54, 1.807) is 12.0 Å². The molecule has 0 saturated carbocycles. The Labute approximate surface area is 136 Å². The van der Waals surface area contributed by atoms with Crippen molar-refractivity contribution < 1.29 is 24.2 Å². The van der Waals surface area contributed by atoms with Crippen molar-refractivity contribution in [2.45, 2.75) is 19.4 Å². The van der Waals surface area contributed by atoms with Gasteiger partial charge in [-0.15, -0.1) is 0 Å². The third-order valence-corrected chi connectivity index (χ3v) is 4.24. The Morgan fingerprint density at radius 1 is 1.26 bits per heavy atom. The fraction of sp³-hybridized carbons (Fsp3) is 0.529. The number of ether oxygens (including phenoxy) is 2. The summed E-state index contributed by atoms with van der Waals surface area (Å²) in [5, 5.41) is 9.45. The van der Waals surface area contributed by atoms with Gasteiger partial charge in [0, 0.05) is 27.3 Å². The van der Waals surface area contributed by atoms with E-state index in [2.05, 4.69) is 0 Å². The van der Waals surface area contributed by atoms with Gasteiger partial charge in [-0.2, -0.15) is 0 Å². The van der Waals surface area contributed by atoms with Crippen LogP contribution in [0, 0.1) is 5.41 Å². The molecule has 1 saturated heterocycles. The first-order valence-electron chi connectivity index (χ1n) is 7.57. The van der Waals surface area contributed by atoms with Crippen molar-refractivity contribution in [3.8, 4) is 0 Å². The van der Waals surface area contributed by atoms with Crippen molar-refractivity contribution in [1.82, 2.24) is 4.90 Å². The van der Waals surface area contributed by atoms with Crippen LogP contribution >= 0.6 is 0 Å². The van der Waals surface area contributed by atoms with Crippen LogP contribution in [-0.2, 0) is 32.1 Å². The van der Waals surface area contributed by atoms with Gasteiger partial charge in [-0.05, 0) is 17.5 Å². The van der Waals surface area contributed by atoms with Gasteiger partial charge in [-0.25, -0.2) is 0 Å². The number of hydrogen-bond donors (Lipinski definition) is 1. The highest BCUT2D eigenvalue weighted by Gasteiger charge is 2.46. The number of benzene rings is 1. The zero-order valence-corrected chi connectivity index (χ0v) is 13.6.